The Hall–Kier alpha value is -4.57. The van der Waals surface area contributed by atoms with E-state index in [-0.39, 0.29) is 17.4 Å². The van der Waals surface area contributed by atoms with E-state index in [0.717, 1.165) is 27.8 Å². The summed E-state index contributed by atoms with van der Waals surface area (Å²) in [5.41, 5.74) is 3.14. The largest absolute Gasteiger partial charge is 0.497 e. The second kappa shape index (κ2) is 12.1. The smallest absolute Gasteiger partial charge is 0.252 e. The van der Waals surface area contributed by atoms with Crippen LogP contribution < -0.4 is 15.0 Å². The first-order chi connectivity index (χ1) is 19.5. The first-order valence-corrected chi connectivity index (χ1v) is 13.0. The topological polar surface area (TPSA) is 98.2 Å². The van der Waals surface area contributed by atoms with E-state index in [1.54, 1.807) is 31.0 Å². The Morgan fingerprint density at radius 3 is 2.33 bits per heavy atom. The van der Waals surface area contributed by atoms with Gasteiger partial charge in [0.1, 0.15) is 17.3 Å². The number of fused-ring (bicyclic) bond motifs is 1. The summed E-state index contributed by atoms with van der Waals surface area (Å²) in [7, 11) is 3.25. The number of rotatable bonds is 11. The highest BCUT2D eigenvalue weighted by molar-refractivity contribution is 5.80. The summed E-state index contributed by atoms with van der Waals surface area (Å²) in [5, 5.41) is 13.5. The van der Waals surface area contributed by atoms with Gasteiger partial charge in [-0.2, -0.15) is 0 Å². The van der Waals surface area contributed by atoms with Gasteiger partial charge in [-0.25, -0.2) is 9.07 Å². The van der Waals surface area contributed by atoms with E-state index in [9.17, 15) is 9.18 Å². The van der Waals surface area contributed by atoms with Gasteiger partial charge in [-0.15, -0.1) is 5.10 Å². The SMILES string of the molecule is CC[C@H](c1nnnn1Cc1ccc(F)cc1)N(Cc1ccc(OC)cc1)Cc1cc2cc(OC)ccc2[nH]c1=O. The molecular formula is C30H31FN6O3. The Kier molecular flexibility index (Phi) is 8.16. The zero-order chi connectivity index (χ0) is 28.1. The number of methoxy groups -OCH3 is 2. The summed E-state index contributed by atoms with van der Waals surface area (Å²) in [6.45, 7) is 3.36. The van der Waals surface area contributed by atoms with E-state index < -0.39 is 0 Å². The molecule has 0 saturated carbocycles. The number of nitrogens with one attached hydrogen (secondary N) is 1. The van der Waals surface area contributed by atoms with Crippen molar-refractivity contribution < 1.29 is 13.9 Å². The van der Waals surface area contributed by atoms with Gasteiger partial charge in [0.15, 0.2) is 5.82 Å². The van der Waals surface area contributed by atoms with Gasteiger partial charge < -0.3 is 14.5 Å². The van der Waals surface area contributed by atoms with E-state index in [1.807, 2.05) is 48.5 Å². The fourth-order valence-electron chi connectivity index (χ4n) is 4.86. The van der Waals surface area contributed by atoms with Crippen LogP contribution in [0, 0.1) is 5.82 Å². The van der Waals surface area contributed by atoms with Gasteiger partial charge in [-0.05, 0) is 76.5 Å². The minimum atomic E-state index is -0.295. The van der Waals surface area contributed by atoms with Crippen LogP contribution in [0.15, 0.2) is 77.6 Å². The summed E-state index contributed by atoms with van der Waals surface area (Å²) in [4.78, 5) is 18.4. The van der Waals surface area contributed by atoms with Gasteiger partial charge >= 0.3 is 0 Å². The molecule has 0 bridgehead atoms. The van der Waals surface area contributed by atoms with Crippen molar-refractivity contribution in [1.29, 1.82) is 0 Å². The Labute approximate surface area is 231 Å². The molecule has 10 heteroatoms. The number of hydrogen-bond donors (Lipinski definition) is 1. The van der Waals surface area contributed by atoms with Gasteiger partial charge in [0.25, 0.3) is 5.56 Å². The van der Waals surface area contributed by atoms with Crippen LogP contribution in [-0.2, 0) is 19.6 Å². The van der Waals surface area contributed by atoms with Crippen LogP contribution in [0.25, 0.3) is 10.9 Å². The Morgan fingerprint density at radius 2 is 1.62 bits per heavy atom. The predicted octanol–water partition coefficient (Wildman–Crippen LogP) is 4.87. The lowest BCUT2D eigenvalue weighted by atomic mass is 10.1. The number of H-pyrrole nitrogens is 1. The number of aromatic amines is 1. The molecule has 1 atom stereocenters. The van der Waals surface area contributed by atoms with Gasteiger partial charge in [-0.1, -0.05) is 31.2 Å². The van der Waals surface area contributed by atoms with Crippen LogP contribution in [0.3, 0.4) is 0 Å². The average Bonchev–Trinajstić information content (AvgIpc) is 3.42. The van der Waals surface area contributed by atoms with Crippen LogP contribution in [0.2, 0.25) is 0 Å². The zero-order valence-electron chi connectivity index (χ0n) is 22.7. The van der Waals surface area contributed by atoms with E-state index >= 15 is 0 Å². The van der Waals surface area contributed by atoms with Crippen LogP contribution in [0.5, 0.6) is 11.5 Å². The van der Waals surface area contributed by atoms with Crippen molar-refractivity contribution in [1.82, 2.24) is 30.1 Å². The number of aromatic nitrogens is 5. The number of ether oxygens (including phenoxy) is 2. The lowest BCUT2D eigenvalue weighted by molar-refractivity contribution is 0.161. The van der Waals surface area contributed by atoms with Crippen molar-refractivity contribution in [2.24, 2.45) is 0 Å². The minimum Gasteiger partial charge on any atom is -0.497 e. The molecule has 0 radical (unpaired) electrons. The molecule has 40 heavy (non-hydrogen) atoms. The highest BCUT2D eigenvalue weighted by atomic mass is 19.1. The molecule has 0 unspecified atom stereocenters. The fraction of sp³-hybridized carbons (Fsp3) is 0.267. The highest BCUT2D eigenvalue weighted by Crippen LogP contribution is 2.28. The minimum absolute atomic E-state index is 0.154. The van der Waals surface area contributed by atoms with Crippen molar-refractivity contribution >= 4 is 10.9 Å². The molecule has 0 amide bonds. The second-order valence-electron chi connectivity index (χ2n) is 9.58. The number of nitrogens with zero attached hydrogens (tertiary/aromatic N) is 5. The lowest BCUT2D eigenvalue weighted by Gasteiger charge is -2.30. The summed E-state index contributed by atoms with van der Waals surface area (Å²) < 4.78 is 25.9. The van der Waals surface area contributed by atoms with E-state index in [1.165, 1.54) is 12.1 Å². The molecule has 0 saturated heterocycles. The van der Waals surface area contributed by atoms with Crippen LogP contribution >= 0.6 is 0 Å². The molecule has 0 spiro atoms. The van der Waals surface area contributed by atoms with Gasteiger partial charge in [0.2, 0.25) is 0 Å². The summed E-state index contributed by atoms with van der Waals surface area (Å²) in [6, 6.07) is 21.4. The van der Waals surface area contributed by atoms with E-state index in [0.29, 0.717) is 43.2 Å². The number of halogens is 1. The highest BCUT2D eigenvalue weighted by Gasteiger charge is 2.26. The normalized spacial score (nSPS) is 12.1. The summed E-state index contributed by atoms with van der Waals surface area (Å²) in [6.07, 6.45) is 0.694. The van der Waals surface area contributed by atoms with Gasteiger partial charge in [0.05, 0.1) is 26.8 Å². The third-order valence-electron chi connectivity index (χ3n) is 6.98. The van der Waals surface area contributed by atoms with Crippen molar-refractivity contribution in [2.45, 2.75) is 39.0 Å². The third-order valence-corrected chi connectivity index (χ3v) is 6.98. The molecule has 3 aromatic carbocycles. The van der Waals surface area contributed by atoms with Gasteiger partial charge in [-0.3, -0.25) is 9.69 Å². The van der Waals surface area contributed by atoms with E-state index in [2.05, 4.69) is 32.3 Å². The molecular weight excluding hydrogens is 511 g/mol. The lowest BCUT2D eigenvalue weighted by Crippen LogP contribution is -2.32. The first kappa shape index (κ1) is 27.0. The fourth-order valence-corrected chi connectivity index (χ4v) is 4.86. The standard InChI is InChI=1S/C30H31FN6O3/c1-4-28(29-33-34-35-37(29)18-21-5-9-24(31)10-6-21)36(17-20-7-11-25(39-2)12-8-20)19-23-15-22-16-26(40-3)13-14-27(22)32-30(23)38/h5-16,28H,4,17-19H2,1-3H3,(H,32,38)/t28-/m1/s1. The molecule has 0 aliphatic carbocycles. The second-order valence-corrected chi connectivity index (χ2v) is 9.58. The van der Waals surface area contributed by atoms with Crippen molar-refractivity contribution in [3.63, 3.8) is 0 Å². The molecule has 206 valence electrons. The number of pyridine rings is 1. The van der Waals surface area contributed by atoms with Crippen LogP contribution in [-0.4, -0.2) is 44.3 Å². The Balaban J connectivity index is 1.51. The van der Waals surface area contributed by atoms with Crippen molar-refractivity contribution in [3.05, 3.63) is 111 Å². The third kappa shape index (κ3) is 6.02. The maximum absolute atomic E-state index is 13.5. The number of benzene rings is 3. The molecule has 0 aliphatic heterocycles. The zero-order valence-corrected chi connectivity index (χ0v) is 22.7. The predicted molar refractivity (Wildman–Crippen MR) is 150 cm³/mol. The molecule has 2 aromatic heterocycles. The Bertz CT molecular complexity index is 1630. The summed E-state index contributed by atoms with van der Waals surface area (Å²) >= 11 is 0. The molecule has 9 nitrogen and oxygen atoms in total. The average molecular weight is 543 g/mol. The maximum Gasteiger partial charge on any atom is 0.252 e. The quantitative estimate of drug-likeness (QED) is 0.254. The molecule has 5 aromatic rings. The molecule has 1 N–H and O–H groups in total. The monoisotopic (exact) mass is 542 g/mol. The number of tetrazole rings is 1. The molecule has 0 aliphatic rings. The number of hydrogen-bond acceptors (Lipinski definition) is 7. The van der Waals surface area contributed by atoms with Crippen LogP contribution in [0.1, 0.15) is 41.9 Å². The van der Waals surface area contributed by atoms with Crippen molar-refractivity contribution in [3.8, 4) is 11.5 Å². The first-order valence-electron chi connectivity index (χ1n) is 13.0. The van der Waals surface area contributed by atoms with E-state index in [4.69, 9.17) is 9.47 Å². The molecule has 5 rings (SSSR count). The Morgan fingerprint density at radius 1 is 0.925 bits per heavy atom. The van der Waals surface area contributed by atoms with Crippen molar-refractivity contribution in [2.75, 3.05) is 14.2 Å². The van der Waals surface area contributed by atoms with Gasteiger partial charge in [0, 0.05) is 29.6 Å². The molecule has 0 fully saturated rings. The maximum atomic E-state index is 13.5. The summed E-state index contributed by atoms with van der Waals surface area (Å²) in [5.74, 6) is 1.85. The van der Waals surface area contributed by atoms with Crippen LogP contribution in [0.4, 0.5) is 4.39 Å². The molecule has 2 heterocycles.